The Hall–Kier alpha value is -0.850. The first-order valence-corrected chi connectivity index (χ1v) is 11.5. The number of aryl methyl sites for hydroxylation is 1. The van der Waals surface area contributed by atoms with E-state index < -0.39 is 0 Å². The molecule has 1 aromatic carbocycles. The van der Waals surface area contributed by atoms with Crippen LogP contribution in [0, 0.1) is 23.6 Å². The molecule has 0 spiro atoms. The van der Waals surface area contributed by atoms with E-state index in [4.69, 9.17) is 0 Å². The molecule has 0 atom stereocenters. The van der Waals surface area contributed by atoms with Crippen LogP contribution in [0.15, 0.2) is 18.2 Å². The van der Waals surface area contributed by atoms with Crippen LogP contribution in [0.5, 0.6) is 0 Å². The quantitative estimate of drug-likeness (QED) is 0.462. The molecule has 146 valence electrons. The molecule has 0 radical (unpaired) electrons. The molecule has 2 fully saturated rings. The van der Waals surface area contributed by atoms with Crippen LogP contribution in [-0.4, -0.2) is 0 Å². The second kappa shape index (κ2) is 9.90. The summed E-state index contributed by atoms with van der Waals surface area (Å²) in [5.74, 6) is 3.35. The van der Waals surface area contributed by atoms with Crippen LogP contribution in [0.25, 0.3) is 0 Å². The average Bonchev–Trinajstić information content (AvgIpc) is 2.68. The van der Waals surface area contributed by atoms with E-state index in [1.54, 1.807) is 0 Å². The molecule has 1 heteroatoms. The zero-order chi connectivity index (χ0) is 18.4. The van der Waals surface area contributed by atoms with Crippen LogP contribution in [0.3, 0.4) is 0 Å². The second-order valence-corrected chi connectivity index (χ2v) is 9.19. The molecule has 0 nitrogen and oxygen atoms in total. The van der Waals surface area contributed by atoms with Crippen LogP contribution >= 0.6 is 0 Å². The fraction of sp³-hybridized carbons (Fsp3) is 0.760. The summed E-state index contributed by atoms with van der Waals surface area (Å²) in [5.41, 5.74) is 2.20. The Morgan fingerprint density at radius 2 is 1.42 bits per heavy atom. The Balaban J connectivity index is 1.49. The van der Waals surface area contributed by atoms with Crippen molar-refractivity contribution in [1.29, 1.82) is 0 Å². The Morgan fingerprint density at radius 1 is 0.808 bits per heavy atom. The lowest BCUT2D eigenvalue weighted by Crippen LogP contribution is -2.15. The van der Waals surface area contributed by atoms with Gasteiger partial charge >= 0.3 is 0 Å². The second-order valence-electron chi connectivity index (χ2n) is 9.19. The summed E-state index contributed by atoms with van der Waals surface area (Å²) in [5, 5.41) is 0. The molecular weight excluding hydrogens is 319 g/mol. The molecule has 0 saturated heterocycles. The van der Waals surface area contributed by atoms with Crippen LogP contribution in [0.1, 0.15) is 108 Å². The van der Waals surface area contributed by atoms with E-state index in [2.05, 4.69) is 26.0 Å². The summed E-state index contributed by atoms with van der Waals surface area (Å²) < 4.78 is 14.7. The summed E-state index contributed by atoms with van der Waals surface area (Å²) in [7, 11) is 0. The zero-order valence-electron chi connectivity index (χ0n) is 17.1. The van der Waals surface area contributed by atoms with Crippen molar-refractivity contribution in [2.75, 3.05) is 0 Å². The van der Waals surface area contributed by atoms with Crippen molar-refractivity contribution in [2.45, 2.75) is 103 Å². The Labute approximate surface area is 161 Å². The summed E-state index contributed by atoms with van der Waals surface area (Å²) in [4.78, 5) is 0. The third-order valence-electron chi connectivity index (χ3n) is 7.46. The van der Waals surface area contributed by atoms with Crippen molar-refractivity contribution in [1.82, 2.24) is 0 Å². The Kier molecular flexibility index (Phi) is 7.58. The van der Waals surface area contributed by atoms with E-state index in [0.717, 1.165) is 29.7 Å². The van der Waals surface area contributed by atoms with Gasteiger partial charge in [-0.05, 0) is 79.4 Å². The number of rotatable bonds is 7. The van der Waals surface area contributed by atoms with Crippen LogP contribution in [0.2, 0.25) is 0 Å². The standard InChI is InChI=1S/C25H39F/c1-3-5-20-10-13-22(14-11-20)24-17-16-23(25(26)18-24)15-12-21-8-6-19(4-2)7-9-21/h16-22H,3-15H2,1-2H3. The van der Waals surface area contributed by atoms with Gasteiger partial charge in [-0.1, -0.05) is 70.9 Å². The number of hydrogen-bond acceptors (Lipinski definition) is 0. The van der Waals surface area contributed by atoms with E-state index in [1.807, 2.05) is 6.07 Å². The highest BCUT2D eigenvalue weighted by molar-refractivity contribution is 5.27. The maximum atomic E-state index is 14.7. The molecule has 0 aromatic heterocycles. The monoisotopic (exact) mass is 358 g/mol. The van der Waals surface area contributed by atoms with Crippen molar-refractivity contribution in [3.8, 4) is 0 Å². The van der Waals surface area contributed by atoms with E-state index in [9.17, 15) is 4.39 Å². The van der Waals surface area contributed by atoms with Crippen molar-refractivity contribution < 1.29 is 4.39 Å². The highest BCUT2D eigenvalue weighted by Gasteiger charge is 2.23. The molecule has 0 unspecified atom stereocenters. The van der Waals surface area contributed by atoms with Crippen molar-refractivity contribution in [2.24, 2.45) is 17.8 Å². The lowest BCUT2D eigenvalue weighted by molar-refractivity contribution is 0.258. The minimum Gasteiger partial charge on any atom is -0.207 e. The van der Waals surface area contributed by atoms with E-state index in [1.165, 1.54) is 82.6 Å². The molecule has 2 aliphatic rings. The topological polar surface area (TPSA) is 0 Å². The van der Waals surface area contributed by atoms with Crippen molar-refractivity contribution in [3.05, 3.63) is 35.1 Å². The molecule has 1 aromatic rings. The van der Waals surface area contributed by atoms with Gasteiger partial charge in [0.1, 0.15) is 5.82 Å². The molecule has 0 N–H and O–H groups in total. The molecule has 3 rings (SSSR count). The maximum absolute atomic E-state index is 14.7. The highest BCUT2D eigenvalue weighted by Crippen LogP contribution is 2.38. The highest BCUT2D eigenvalue weighted by atomic mass is 19.1. The summed E-state index contributed by atoms with van der Waals surface area (Å²) in [6.07, 6.45) is 16.8. The lowest BCUT2D eigenvalue weighted by Gasteiger charge is -2.29. The number of halogens is 1. The van der Waals surface area contributed by atoms with Gasteiger partial charge in [-0.25, -0.2) is 4.39 Å². The molecule has 0 amide bonds. The minimum atomic E-state index is 0.0559. The van der Waals surface area contributed by atoms with E-state index >= 15 is 0 Å². The first-order chi connectivity index (χ1) is 12.7. The van der Waals surface area contributed by atoms with Gasteiger partial charge in [0, 0.05) is 0 Å². The van der Waals surface area contributed by atoms with Gasteiger partial charge in [0.2, 0.25) is 0 Å². The molecular formula is C25H39F. The van der Waals surface area contributed by atoms with Gasteiger partial charge in [0.25, 0.3) is 0 Å². The number of benzene rings is 1. The van der Waals surface area contributed by atoms with Crippen molar-refractivity contribution >= 4 is 0 Å². The summed E-state index contributed by atoms with van der Waals surface area (Å²) in [6.45, 7) is 4.61. The summed E-state index contributed by atoms with van der Waals surface area (Å²) >= 11 is 0. The van der Waals surface area contributed by atoms with Crippen LogP contribution in [0.4, 0.5) is 4.39 Å². The van der Waals surface area contributed by atoms with E-state index in [-0.39, 0.29) is 5.82 Å². The van der Waals surface area contributed by atoms with Gasteiger partial charge in [0.05, 0.1) is 0 Å². The third kappa shape index (κ3) is 5.33. The Bertz CT molecular complexity index is 533. The molecule has 2 saturated carbocycles. The van der Waals surface area contributed by atoms with E-state index in [0.29, 0.717) is 5.92 Å². The molecule has 0 heterocycles. The predicted molar refractivity (Wildman–Crippen MR) is 110 cm³/mol. The van der Waals surface area contributed by atoms with Crippen LogP contribution in [-0.2, 0) is 6.42 Å². The normalized spacial score (nSPS) is 29.7. The van der Waals surface area contributed by atoms with Gasteiger partial charge < -0.3 is 0 Å². The van der Waals surface area contributed by atoms with Crippen molar-refractivity contribution in [3.63, 3.8) is 0 Å². The third-order valence-corrected chi connectivity index (χ3v) is 7.46. The SMILES string of the molecule is CCCC1CCC(c2ccc(CCC3CCC(CC)CC3)c(F)c2)CC1. The first kappa shape index (κ1) is 19.9. The van der Waals surface area contributed by atoms with Gasteiger partial charge in [-0.2, -0.15) is 0 Å². The first-order valence-electron chi connectivity index (χ1n) is 11.5. The molecule has 0 aliphatic heterocycles. The number of hydrogen-bond donors (Lipinski definition) is 0. The minimum absolute atomic E-state index is 0.0559. The molecule has 2 aliphatic carbocycles. The fourth-order valence-electron chi connectivity index (χ4n) is 5.50. The maximum Gasteiger partial charge on any atom is 0.126 e. The average molecular weight is 359 g/mol. The zero-order valence-corrected chi connectivity index (χ0v) is 17.1. The van der Waals surface area contributed by atoms with Gasteiger partial charge in [-0.15, -0.1) is 0 Å². The van der Waals surface area contributed by atoms with Crippen LogP contribution < -0.4 is 0 Å². The molecule has 0 bridgehead atoms. The van der Waals surface area contributed by atoms with Gasteiger partial charge in [-0.3, -0.25) is 0 Å². The van der Waals surface area contributed by atoms with Gasteiger partial charge in [0.15, 0.2) is 0 Å². The lowest BCUT2D eigenvalue weighted by atomic mass is 9.77. The largest absolute Gasteiger partial charge is 0.207 e. The smallest absolute Gasteiger partial charge is 0.126 e. The Morgan fingerprint density at radius 3 is 2.04 bits per heavy atom. The molecule has 26 heavy (non-hydrogen) atoms. The predicted octanol–water partition coefficient (Wildman–Crippen LogP) is 8.05. The summed E-state index contributed by atoms with van der Waals surface area (Å²) in [6, 6.07) is 6.20. The fourth-order valence-corrected chi connectivity index (χ4v) is 5.50.